The number of ether oxygens (including phenoxy) is 4. The van der Waals surface area contributed by atoms with Gasteiger partial charge in [0.25, 0.3) is 0 Å². The maximum absolute atomic E-state index is 12.0. The summed E-state index contributed by atoms with van der Waals surface area (Å²) in [5, 5.41) is 23.9. The highest BCUT2D eigenvalue weighted by atomic mass is 16.5. The highest BCUT2D eigenvalue weighted by Gasteiger charge is 2.33. The van der Waals surface area contributed by atoms with Crippen molar-refractivity contribution in [2.45, 2.75) is 65.7 Å². The van der Waals surface area contributed by atoms with E-state index < -0.39 is 35.4 Å². The minimum atomic E-state index is -0.535. The molecule has 24 heteroatoms. The zero-order chi connectivity index (χ0) is 63.2. The van der Waals surface area contributed by atoms with Crippen LogP contribution in [0.4, 0.5) is 11.4 Å². The lowest BCUT2D eigenvalue weighted by atomic mass is 10.2. The van der Waals surface area contributed by atoms with Crippen molar-refractivity contribution in [3.8, 4) is 23.0 Å². The fraction of sp³-hybridized carbons (Fsp3) is 0.460. The first kappa shape index (κ1) is 70.2. The number of rotatable bonds is 31. The summed E-state index contributed by atoms with van der Waals surface area (Å²) in [6.45, 7) is 32.2. The number of nitrogens with zero attached hydrogens (tertiary/aromatic N) is 7. The van der Waals surface area contributed by atoms with Crippen LogP contribution in [0.25, 0.3) is 9.69 Å². The lowest BCUT2D eigenvalue weighted by Gasteiger charge is -2.33. The highest BCUT2D eigenvalue weighted by Crippen LogP contribution is 2.20. The molecular formula is C63H86N14O10. The molecule has 0 radical (unpaired) electrons. The average molecular weight is 1200 g/mol. The first-order valence-corrected chi connectivity index (χ1v) is 29.6. The minimum absolute atomic E-state index is 0.0203. The number of carbonyl (C=O) groups excluding carboxylic acids is 6. The molecule has 87 heavy (non-hydrogen) atoms. The van der Waals surface area contributed by atoms with E-state index in [-0.39, 0.29) is 11.7 Å². The number of piperazine rings is 3. The predicted octanol–water partition coefficient (Wildman–Crippen LogP) is 5.20. The zero-order valence-electron chi connectivity index (χ0n) is 50.5. The van der Waals surface area contributed by atoms with E-state index >= 15 is 0 Å². The third-order valence-corrected chi connectivity index (χ3v) is 13.4. The van der Waals surface area contributed by atoms with Gasteiger partial charge in [0.15, 0.2) is 11.4 Å². The average Bonchev–Trinajstić information content (AvgIpc) is 3.46. The molecule has 3 aliphatic heterocycles. The molecule has 9 N–H and O–H groups in total. The van der Waals surface area contributed by atoms with Gasteiger partial charge in [0, 0.05) is 96.2 Å². The van der Waals surface area contributed by atoms with E-state index in [4.69, 9.17) is 54.4 Å². The van der Waals surface area contributed by atoms with Gasteiger partial charge in [0.1, 0.15) is 34.7 Å². The number of hydrogen-bond donors (Lipinski definition) is 7. The van der Waals surface area contributed by atoms with Crippen molar-refractivity contribution in [1.82, 2.24) is 40.4 Å². The Labute approximate surface area is 511 Å². The van der Waals surface area contributed by atoms with Crippen molar-refractivity contribution in [3.63, 3.8) is 0 Å². The van der Waals surface area contributed by atoms with E-state index in [1.165, 1.54) is 11.3 Å². The fourth-order valence-corrected chi connectivity index (χ4v) is 8.68. The zero-order valence-corrected chi connectivity index (χ0v) is 50.5. The molecule has 0 atom stereocenters. The molecule has 3 heterocycles. The summed E-state index contributed by atoms with van der Waals surface area (Å²) < 4.78 is 22.3. The standard InChI is InChI=1S/C17H24N4O3.C17H21N3O3.C15H26N4O.C14H15N3O3/c1-2-8-20-10-11-21(17(23)16(20)22)9-3-12-24-14-6-4-13(5-7-14)15(18)19;1-3-9-19-11-12-20(17(22)16(19)21)10-4-13-23-15-7-5-14(18-2)6-8-15;1-2-8-18-10-11-19-9-3-12-20-14-6-4-13(5-7-14)15(16)17;1-15-11-3-5-12(6-4-11)20-10-2-8-17-9-7-16-13(18)14(17)19/h4-7H,2-3,8-12H2,1H3,(H3,18,19);5-8H,3-4,9-13H2,1H3;4-7,18-19H,2-3,8-12H2,1H3,(H3,16,17);3-6H,2,7-10H2,(H,16,18). The normalized spacial score (nSPS) is 13.8. The Kier molecular flexibility index (Phi) is 32.4. The molecule has 4 aromatic carbocycles. The molecule has 0 aliphatic carbocycles. The number of benzene rings is 4. The molecule has 6 amide bonds. The van der Waals surface area contributed by atoms with Crippen molar-refractivity contribution in [2.24, 2.45) is 11.5 Å². The van der Waals surface area contributed by atoms with Crippen molar-refractivity contribution in [1.29, 1.82) is 10.8 Å². The van der Waals surface area contributed by atoms with Crippen LogP contribution in [0.15, 0.2) is 97.1 Å². The van der Waals surface area contributed by atoms with Gasteiger partial charge in [-0.05, 0) is 131 Å². The maximum Gasteiger partial charge on any atom is 0.312 e. The molecule has 3 aliphatic rings. The molecular weight excluding hydrogens is 1110 g/mol. The molecule has 0 unspecified atom stereocenters. The first-order chi connectivity index (χ1) is 42.1. The van der Waals surface area contributed by atoms with Crippen LogP contribution in [0.3, 0.4) is 0 Å². The molecule has 3 fully saturated rings. The van der Waals surface area contributed by atoms with Gasteiger partial charge in [-0.15, -0.1) is 0 Å². The summed E-state index contributed by atoms with van der Waals surface area (Å²) in [5.74, 6) is 0.376. The van der Waals surface area contributed by atoms with E-state index in [9.17, 15) is 28.8 Å². The second kappa shape index (κ2) is 40.1. The Morgan fingerprint density at radius 2 is 0.770 bits per heavy atom. The van der Waals surface area contributed by atoms with Gasteiger partial charge in [-0.2, -0.15) is 0 Å². The third kappa shape index (κ3) is 25.9. The molecule has 4 aromatic rings. The van der Waals surface area contributed by atoms with Crippen LogP contribution in [-0.4, -0.2) is 196 Å². The van der Waals surface area contributed by atoms with Gasteiger partial charge in [-0.25, -0.2) is 9.69 Å². The summed E-state index contributed by atoms with van der Waals surface area (Å²) >= 11 is 0. The van der Waals surface area contributed by atoms with Crippen LogP contribution >= 0.6 is 0 Å². The van der Waals surface area contributed by atoms with Crippen LogP contribution in [0.1, 0.15) is 76.8 Å². The van der Waals surface area contributed by atoms with Gasteiger partial charge in [-0.1, -0.05) is 45.0 Å². The van der Waals surface area contributed by atoms with Gasteiger partial charge in [-0.3, -0.25) is 39.6 Å². The molecule has 3 saturated heterocycles. The smallest absolute Gasteiger partial charge is 0.312 e. The molecule has 0 saturated carbocycles. The van der Waals surface area contributed by atoms with Gasteiger partial charge < -0.3 is 70.9 Å². The molecule has 0 spiro atoms. The number of nitrogen functional groups attached to an aromatic ring is 2. The van der Waals surface area contributed by atoms with Gasteiger partial charge >= 0.3 is 35.4 Å². The number of hydrogen-bond acceptors (Lipinski definition) is 14. The largest absolute Gasteiger partial charge is 0.494 e. The van der Waals surface area contributed by atoms with E-state index in [1.807, 2.05) is 26.0 Å². The first-order valence-electron chi connectivity index (χ1n) is 29.6. The van der Waals surface area contributed by atoms with E-state index in [2.05, 4.69) is 32.6 Å². The predicted molar refractivity (Wildman–Crippen MR) is 333 cm³/mol. The monoisotopic (exact) mass is 1200 g/mol. The number of nitrogens with two attached hydrogens (primary N) is 2. The molecule has 0 aromatic heterocycles. The minimum Gasteiger partial charge on any atom is -0.494 e. The van der Waals surface area contributed by atoms with Crippen molar-refractivity contribution in [2.75, 3.05) is 125 Å². The maximum atomic E-state index is 12.0. The Morgan fingerprint density at radius 1 is 0.448 bits per heavy atom. The Hall–Kier alpha value is -9.26. The SMILES string of the molecule is CCCN1CCN(CCCOc2ccc(C(=N)N)cc2)C(=O)C1=O.CCCNCCNCCCOc1ccc(C(=N)N)cc1.[C-]#[N+]c1ccc(OCCCN2CCN(CCC)C(=O)C2=O)cc1.[C-]#[N+]c1ccc(OCCCN2CCNC(=O)C2=O)cc1. The number of amidine groups is 2. The van der Waals surface area contributed by atoms with Crippen LogP contribution in [0.5, 0.6) is 23.0 Å². The quantitative estimate of drug-likeness (QED) is 0.0112. The Balaban J connectivity index is 0.000000249. The van der Waals surface area contributed by atoms with E-state index in [0.29, 0.717) is 152 Å². The Bertz CT molecular complexity index is 2880. The lowest BCUT2D eigenvalue weighted by molar-refractivity contribution is -0.156. The topological polar surface area (TPSA) is 300 Å². The lowest BCUT2D eigenvalue weighted by Crippen LogP contribution is -2.54. The van der Waals surface area contributed by atoms with Crippen LogP contribution in [0, 0.1) is 24.0 Å². The number of nitrogens with one attached hydrogen (secondary N) is 5. The summed E-state index contributed by atoms with van der Waals surface area (Å²) in [5.41, 5.74) is 13.3. The second-order valence-corrected chi connectivity index (χ2v) is 20.1. The third-order valence-electron chi connectivity index (χ3n) is 13.4. The summed E-state index contributed by atoms with van der Waals surface area (Å²) in [4.78, 5) is 85.2. The Morgan fingerprint density at radius 3 is 1.10 bits per heavy atom. The number of carbonyl (C=O) groups is 6. The molecule has 468 valence electrons. The molecule has 0 bridgehead atoms. The second-order valence-electron chi connectivity index (χ2n) is 20.1. The van der Waals surface area contributed by atoms with Gasteiger partial charge in [0.2, 0.25) is 0 Å². The molecule has 24 nitrogen and oxygen atoms in total. The summed E-state index contributed by atoms with van der Waals surface area (Å²) in [6, 6.07) is 28.1. The summed E-state index contributed by atoms with van der Waals surface area (Å²) in [7, 11) is 0. The fourth-order valence-electron chi connectivity index (χ4n) is 8.68. The van der Waals surface area contributed by atoms with E-state index in [1.54, 1.807) is 105 Å². The van der Waals surface area contributed by atoms with Gasteiger partial charge in [0.05, 0.1) is 39.6 Å². The van der Waals surface area contributed by atoms with Crippen molar-refractivity contribution >= 4 is 58.5 Å². The number of amides is 6. The van der Waals surface area contributed by atoms with Crippen LogP contribution in [-0.2, 0) is 28.8 Å². The summed E-state index contributed by atoms with van der Waals surface area (Å²) in [6.07, 6.45) is 5.84. The van der Waals surface area contributed by atoms with Crippen molar-refractivity contribution < 1.29 is 47.7 Å². The van der Waals surface area contributed by atoms with Crippen molar-refractivity contribution in [3.05, 3.63) is 131 Å². The van der Waals surface area contributed by atoms with Crippen LogP contribution < -0.4 is 46.4 Å². The molecule has 7 rings (SSSR count). The van der Waals surface area contributed by atoms with Crippen LogP contribution in [0.2, 0.25) is 0 Å². The highest BCUT2D eigenvalue weighted by molar-refractivity contribution is 6.36. The van der Waals surface area contributed by atoms with E-state index in [0.717, 1.165) is 56.8 Å².